The van der Waals surface area contributed by atoms with Gasteiger partial charge in [-0.3, -0.25) is 9.59 Å². The van der Waals surface area contributed by atoms with Crippen molar-refractivity contribution in [3.05, 3.63) is 23.9 Å². The average molecular weight is 360 g/mol. The SMILES string of the molecule is O=C(O)C1CCC(C(=O)NCCOc2ccc(C(F)(F)F)cn2)CC1. The van der Waals surface area contributed by atoms with E-state index in [0.29, 0.717) is 31.9 Å². The fourth-order valence-electron chi connectivity index (χ4n) is 2.71. The number of halogens is 3. The number of nitrogens with zero attached hydrogens (tertiary/aromatic N) is 1. The van der Waals surface area contributed by atoms with Crippen molar-refractivity contribution in [3.63, 3.8) is 0 Å². The molecule has 0 bridgehead atoms. The molecule has 1 aliphatic rings. The van der Waals surface area contributed by atoms with Gasteiger partial charge in [0.25, 0.3) is 0 Å². The fraction of sp³-hybridized carbons (Fsp3) is 0.562. The number of amides is 1. The van der Waals surface area contributed by atoms with Crippen molar-refractivity contribution in [3.8, 4) is 5.88 Å². The van der Waals surface area contributed by atoms with Gasteiger partial charge in [0.05, 0.1) is 18.0 Å². The van der Waals surface area contributed by atoms with Crippen molar-refractivity contribution < 1.29 is 32.6 Å². The number of hydrogen-bond acceptors (Lipinski definition) is 4. The topological polar surface area (TPSA) is 88.5 Å². The van der Waals surface area contributed by atoms with E-state index in [4.69, 9.17) is 9.84 Å². The Kier molecular flexibility index (Phi) is 6.22. The molecule has 1 aromatic rings. The lowest BCUT2D eigenvalue weighted by atomic mass is 9.81. The summed E-state index contributed by atoms with van der Waals surface area (Å²) in [5, 5.41) is 11.6. The maximum atomic E-state index is 12.4. The second-order valence-corrected chi connectivity index (χ2v) is 5.91. The Morgan fingerprint density at radius 2 is 1.84 bits per heavy atom. The van der Waals surface area contributed by atoms with E-state index in [1.54, 1.807) is 0 Å². The molecule has 25 heavy (non-hydrogen) atoms. The Labute approximate surface area is 142 Å². The molecule has 0 spiro atoms. The normalized spacial score (nSPS) is 20.8. The van der Waals surface area contributed by atoms with Gasteiger partial charge < -0.3 is 15.2 Å². The van der Waals surface area contributed by atoms with Crippen LogP contribution in [0.3, 0.4) is 0 Å². The monoisotopic (exact) mass is 360 g/mol. The van der Waals surface area contributed by atoms with Gasteiger partial charge in [0.1, 0.15) is 6.61 Å². The quantitative estimate of drug-likeness (QED) is 0.761. The second-order valence-electron chi connectivity index (χ2n) is 5.91. The summed E-state index contributed by atoms with van der Waals surface area (Å²) in [4.78, 5) is 26.4. The molecular weight excluding hydrogens is 341 g/mol. The van der Waals surface area contributed by atoms with Crippen LogP contribution < -0.4 is 10.1 Å². The van der Waals surface area contributed by atoms with E-state index in [1.807, 2.05) is 0 Å². The number of hydrogen-bond donors (Lipinski definition) is 2. The van der Waals surface area contributed by atoms with Crippen molar-refractivity contribution in [1.29, 1.82) is 0 Å². The number of alkyl halides is 3. The first-order valence-corrected chi connectivity index (χ1v) is 7.94. The number of carbonyl (C=O) groups is 2. The molecule has 1 aromatic heterocycles. The first kappa shape index (κ1) is 19.0. The number of aliphatic carboxylic acids is 1. The Hall–Kier alpha value is -2.32. The van der Waals surface area contributed by atoms with Gasteiger partial charge in [-0.05, 0) is 31.7 Å². The number of carboxylic acid groups (broad SMARTS) is 1. The van der Waals surface area contributed by atoms with Crippen LogP contribution in [0, 0.1) is 11.8 Å². The van der Waals surface area contributed by atoms with Gasteiger partial charge in [-0.2, -0.15) is 13.2 Å². The molecular formula is C16H19F3N2O4. The molecule has 6 nitrogen and oxygen atoms in total. The molecule has 2 rings (SSSR count). The highest BCUT2D eigenvalue weighted by molar-refractivity contribution is 5.79. The van der Waals surface area contributed by atoms with Gasteiger partial charge in [-0.25, -0.2) is 4.98 Å². The Morgan fingerprint density at radius 1 is 1.20 bits per heavy atom. The van der Waals surface area contributed by atoms with Crippen molar-refractivity contribution in [2.24, 2.45) is 11.8 Å². The van der Waals surface area contributed by atoms with Crippen LogP contribution in [-0.2, 0) is 15.8 Å². The molecule has 0 atom stereocenters. The van der Waals surface area contributed by atoms with Gasteiger partial charge in [0, 0.05) is 18.2 Å². The smallest absolute Gasteiger partial charge is 0.417 e. The van der Waals surface area contributed by atoms with Crippen LogP contribution in [0.2, 0.25) is 0 Å². The van der Waals surface area contributed by atoms with Gasteiger partial charge in [-0.15, -0.1) is 0 Å². The summed E-state index contributed by atoms with van der Waals surface area (Å²) in [6, 6.07) is 2.00. The van der Waals surface area contributed by atoms with Gasteiger partial charge in [0.2, 0.25) is 11.8 Å². The van der Waals surface area contributed by atoms with E-state index in [2.05, 4.69) is 10.3 Å². The fourth-order valence-corrected chi connectivity index (χ4v) is 2.71. The predicted octanol–water partition coefficient (Wildman–Crippen LogP) is 2.49. The standard InChI is InChI=1S/C16H19F3N2O4/c17-16(18,19)12-5-6-13(21-9-12)25-8-7-20-14(22)10-1-3-11(4-2-10)15(23)24/h5-6,9-11H,1-4,7-8H2,(H,20,22)(H,23,24). The van der Waals surface area contributed by atoms with Crippen LogP contribution in [0.5, 0.6) is 5.88 Å². The molecule has 9 heteroatoms. The Bertz CT molecular complexity index is 596. The van der Waals surface area contributed by atoms with Gasteiger partial charge in [0.15, 0.2) is 0 Å². The molecule has 1 fully saturated rings. The molecule has 0 radical (unpaired) electrons. The third kappa shape index (κ3) is 5.61. The molecule has 1 aliphatic carbocycles. The number of carbonyl (C=O) groups excluding carboxylic acids is 1. The van der Waals surface area contributed by atoms with Gasteiger partial charge >= 0.3 is 12.1 Å². The number of ether oxygens (including phenoxy) is 1. The third-order valence-corrected chi connectivity index (χ3v) is 4.16. The predicted molar refractivity (Wildman–Crippen MR) is 80.8 cm³/mol. The van der Waals surface area contributed by atoms with Gasteiger partial charge in [-0.1, -0.05) is 0 Å². The molecule has 1 saturated carbocycles. The molecule has 2 N–H and O–H groups in total. The summed E-state index contributed by atoms with van der Waals surface area (Å²) in [5.41, 5.74) is -0.856. The van der Waals surface area contributed by atoms with Crippen LogP contribution in [-0.4, -0.2) is 35.1 Å². The molecule has 0 saturated heterocycles. The van der Waals surface area contributed by atoms with E-state index in [-0.39, 0.29) is 36.8 Å². The maximum absolute atomic E-state index is 12.4. The maximum Gasteiger partial charge on any atom is 0.417 e. The highest BCUT2D eigenvalue weighted by Crippen LogP contribution is 2.30. The molecule has 0 aromatic carbocycles. The zero-order valence-corrected chi connectivity index (χ0v) is 13.4. The Morgan fingerprint density at radius 3 is 2.36 bits per heavy atom. The first-order valence-electron chi connectivity index (χ1n) is 7.94. The number of nitrogens with one attached hydrogen (secondary N) is 1. The summed E-state index contributed by atoms with van der Waals surface area (Å²) >= 11 is 0. The third-order valence-electron chi connectivity index (χ3n) is 4.16. The zero-order valence-electron chi connectivity index (χ0n) is 13.4. The first-order chi connectivity index (χ1) is 11.8. The van der Waals surface area contributed by atoms with E-state index >= 15 is 0 Å². The summed E-state index contributed by atoms with van der Waals surface area (Å²) in [5.74, 6) is -1.52. The molecule has 0 unspecified atom stereocenters. The summed E-state index contributed by atoms with van der Waals surface area (Å²) < 4.78 is 42.4. The number of rotatable bonds is 6. The highest BCUT2D eigenvalue weighted by Gasteiger charge is 2.31. The minimum absolute atomic E-state index is 0.0456. The lowest BCUT2D eigenvalue weighted by Crippen LogP contribution is -2.36. The minimum atomic E-state index is -4.45. The minimum Gasteiger partial charge on any atom is -0.481 e. The van der Waals surface area contributed by atoms with E-state index in [0.717, 1.165) is 12.1 Å². The molecule has 138 valence electrons. The largest absolute Gasteiger partial charge is 0.481 e. The van der Waals surface area contributed by atoms with Crippen LogP contribution in [0.15, 0.2) is 18.3 Å². The van der Waals surface area contributed by atoms with Crippen molar-refractivity contribution >= 4 is 11.9 Å². The lowest BCUT2D eigenvalue weighted by molar-refractivity contribution is -0.144. The van der Waals surface area contributed by atoms with Crippen molar-refractivity contribution in [2.75, 3.05) is 13.2 Å². The summed E-state index contributed by atoms with van der Waals surface area (Å²) in [6.07, 6.45) is -1.72. The van der Waals surface area contributed by atoms with E-state index in [1.165, 1.54) is 0 Å². The molecule has 1 heterocycles. The average Bonchev–Trinajstić information content (AvgIpc) is 2.58. The van der Waals surface area contributed by atoms with E-state index in [9.17, 15) is 22.8 Å². The zero-order chi connectivity index (χ0) is 18.4. The van der Waals surface area contributed by atoms with Crippen molar-refractivity contribution in [2.45, 2.75) is 31.9 Å². The van der Waals surface area contributed by atoms with Crippen LogP contribution in [0.1, 0.15) is 31.2 Å². The Balaban J connectivity index is 1.67. The van der Waals surface area contributed by atoms with Crippen LogP contribution >= 0.6 is 0 Å². The summed E-state index contributed by atoms with van der Waals surface area (Å²) in [6.45, 7) is 0.273. The van der Waals surface area contributed by atoms with Crippen molar-refractivity contribution in [1.82, 2.24) is 10.3 Å². The highest BCUT2D eigenvalue weighted by atomic mass is 19.4. The molecule has 0 aliphatic heterocycles. The van der Waals surface area contributed by atoms with Crippen LogP contribution in [0.25, 0.3) is 0 Å². The number of pyridine rings is 1. The van der Waals surface area contributed by atoms with Crippen LogP contribution in [0.4, 0.5) is 13.2 Å². The lowest BCUT2D eigenvalue weighted by Gasteiger charge is -2.25. The molecule has 1 amide bonds. The number of carboxylic acids is 1. The second kappa shape index (κ2) is 8.17. The number of aromatic nitrogens is 1. The summed E-state index contributed by atoms with van der Waals surface area (Å²) in [7, 11) is 0. The van der Waals surface area contributed by atoms with E-state index < -0.39 is 17.7 Å².